The van der Waals surface area contributed by atoms with E-state index in [1.807, 2.05) is 12.3 Å². The lowest BCUT2D eigenvalue weighted by Gasteiger charge is -2.08. The van der Waals surface area contributed by atoms with Crippen molar-refractivity contribution < 1.29 is 9.90 Å². The fraction of sp³-hybridized carbons (Fsp3) is 0.462. The number of nitrogens with one attached hydrogen (secondary N) is 1. The minimum Gasteiger partial charge on any atom is -0.393 e. The number of halogens is 1. The van der Waals surface area contributed by atoms with Gasteiger partial charge < -0.3 is 10.4 Å². The van der Waals surface area contributed by atoms with E-state index in [4.69, 9.17) is 16.7 Å². The molecule has 0 fully saturated rings. The predicted octanol–water partition coefficient (Wildman–Crippen LogP) is 2.95. The zero-order chi connectivity index (χ0) is 13.5. The van der Waals surface area contributed by atoms with Crippen molar-refractivity contribution in [3.63, 3.8) is 0 Å². The molecule has 1 amide bonds. The van der Waals surface area contributed by atoms with Gasteiger partial charge in [-0.15, -0.1) is 11.8 Å². The van der Waals surface area contributed by atoms with Crippen molar-refractivity contribution in [3.05, 3.63) is 28.8 Å². The molecule has 100 valence electrons. The number of carbonyl (C=O) groups excluding carboxylic acids is 1. The van der Waals surface area contributed by atoms with Crippen LogP contribution < -0.4 is 5.32 Å². The van der Waals surface area contributed by atoms with Crippen molar-refractivity contribution in [1.82, 2.24) is 5.32 Å². The van der Waals surface area contributed by atoms with Gasteiger partial charge in [0.15, 0.2) is 0 Å². The van der Waals surface area contributed by atoms with Crippen LogP contribution in [-0.4, -0.2) is 29.9 Å². The quantitative estimate of drug-likeness (QED) is 0.625. The molecule has 5 heteroatoms. The van der Waals surface area contributed by atoms with E-state index in [0.717, 1.165) is 11.3 Å². The van der Waals surface area contributed by atoms with Gasteiger partial charge in [0, 0.05) is 11.4 Å². The predicted molar refractivity (Wildman–Crippen MR) is 76.5 cm³/mol. The molecular weight excluding hydrogens is 270 g/mol. The number of hydrogen-bond donors (Lipinski definition) is 2. The summed E-state index contributed by atoms with van der Waals surface area (Å²) in [6.07, 6.45) is 3.06. The molecule has 0 aliphatic carbocycles. The van der Waals surface area contributed by atoms with Gasteiger partial charge in [-0.1, -0.05) is 11.6 Å². The number of hydrogen-bond acceptors (Lipinski definition) is 3. The molecule has 1 aromatic carbocycles. The van der Waals surface area contributed by atoms with Crippen LogP contribution in [0.3, 0.4) is 0 Å². The Morgan fingerprint density at radius 1 is 1.56 bits per heavy atom. The Kier molecular flexibility index (Phi) is 6.54. The van der Waals surface area contributed by atoms with E-state index in [9.17, 15) is 4.79 Å². The number of carbonyl (C=O) groups is 1. The van der Waals surface area contributed by atoms with Crippen molar-refractivity contribution in [2.45, 2.75) is 30.8 Å². The Hall–Kier alpha value is -0.710. The molecule has 0 aliphatic rings. The molecule has 0 bridgehead atoms. The molecule has 0 aromatic heterocycles. The van der Waals surface area contributed by atoms with Crippen molar-refractivity contribution in [3.8, 4) is 0 Å². The van der Waals surface area contributed by atoms with Gasteiger partial charge in [0.05, 0.1) is 16.7 Å². The third kappa shape index (κ3) is 4.88. The third-order valence-electron chi connectivity index (χ3n) is 2.50. The summed E-state index contributed by atoms with van der Waals surface area (Å²) in [7, 11) is 0. The van der Waals surface area contributed by atoms with E-state index < -0.39 is 0 Å². The molecule has 0 saturated heterocycles. The van der Waals surface area contributed by atoms with Crippen molar-refractivity contribution in [1.29, 1.82) is 0 Å². The molecule has 0 saturated carbocycles. The topological polar surface area (TPSA) is 49.3 Å². The van der Waals surface area contributed by atoms with Crippen LogP contribution in [0.15, 0.2) is 23.1 Å². The summed E-state index contributed by atoms with van der Waals surface area (Å²) in [6.45, 7) is 2.28. The van der Waals surface area contributed by atoms with Crippen LogP contribution in [-0.2, 0) is 0 Å². The van der Waals surface area contributed by atoms with Gasteiger partial charge in [-0.2, -0.15) is 0 Å². The first-order valence-electron chi connectivity index (χ1n) is 5.84. The molecule has 0 heterocycles. The van der Waals surface area contributed by atoms with Crippen LogP contribution in [0.25, 0.3) is 0 Å². The monoisotopic (exact) mass is 287 g/mol. The normalized spacial score (nSPS) is 12.2. The van der Waals surface area contributed by atoms with E-state index >= 15 is 0 Å². The fourth-order valence-corrected chi connectivity index (χ4v) is 2.14. The largest absolute Gasteiger partial charge is 0.393 e. The highest BCUT2D eigenvalue weighted by Gasteiger charge is 2.10. The molecule has 0 radical (unpaired) electrons. The van der Waals surface area contributed by atoms with Gasteiger partial charge in [0.1, 0.15) is 0 Å². The minimum absolute atomic E-state index is 0.165. The molecule has 0 aliphatic heterocycles. The van der Waals surface area contributed by atoms with Crippen LogP contribution in [0.4, 0.5) is 0 Å². The highest BCUT2D eigenvalue weighted by Crippen LogP contribution is 2.22. The zero-order valence-electron chi connectivity index (χ0n) is 10.6. The van der Waals surface area contributed by atoms with Crippen LogP contribution >= 0.6 is 23.4 Å². The van der Waals surface area contributed by atoms with Gasteiger partial charge in [-0.25, -0.2) is 0 Å². The number of thioether (sulfide) groups is 1. The molecule has 1 unspecified atom stereocenters. The number of rotatable bonds is 6. The molecule has 1 rings (SSSR count). The minimum atomic E-state index is -0.328. The van der Waals surface area contributed by atoms with Gasteiger partial charge >= 0.3 is 0 Å². The van der Waals surface area contributed by atoms with E-state index in [0.29, 0.717) is 23.6 Å². The van der Waals surface area contributed by atoms with Crippen LogP contribution in [0.1, 0.15) is 30.1 Å². The maximum absolute atomic E-state index is 11.9. The maximum Gasteiger partial charge on any atom is 0.252 e. The van der Waals surface area contributed by atoms with Gasteiger partial charge in [0.25, 0.3) is 5.91 Å². The van der Waals surface area contributed by atoms with Crippen molar-refractivity contribution >= 4 is 29.3 Å². The molecule has 1 atom stereocenters. The lowest BCUT2D eigenvalue weighted by atomic mass is 10.2. The lowest BCUT2D eigenvalue weighted by molar-refractivity contribution is 0.0949. The summed E-state index contributed by atoms with van der Waals surface area (Å²) < 4.78 is 0. The van der Waals surface area contributed by atoms with Crippen LogP contribution in [0, 0.1) is 0 Å². The number of aliphatic hydroxyl groups is 1. The second kappa shape index (κ2) is 7.67. The van der Waals surface area contributed by atoms with Crippen LogP contribution in [0.5, 0.6) is 0 Å². The third-order valence-corrected chi connectivity index (χ3v) is 3.56. The highest BCUT2D eigenvalue weighted by atomic mass is 35.5. The van der Waals surface area contributed by atoms with Gasteiger partial charge in [-0.3, -0.25) is 4.79 Å². The average Bonchev–Trinajstić information content (AvgIpc) is 2.34. The second-order valence-corrected chi connectivity index (χ2v) is 5.38. The van der Waals surface area contributed by atoms with Crippen molar-refractivity contribution in [2.24, 2.45) is 0 Å². The smallest absolute Gasteiger partial charge is 0.252 e. The summed E-state index contributed by atoms with van der Waals surface area (Å²) in [5, 5.41) is 12.4. The standard InChI is InChI=1S/C13H18ClNO2S/c1-9(16)4-3-7-15-13(17)11-8-10(18-2)5-6-12(11)14/h5-6,8-9,16H,3-4,7H2,1-2H3,(H,15,17). The second-order valence-electron chi connectivity index (χ2n) is 4.09. The Labute approximate surface area is 117 Å². The van der Waals surface area contributed by atoms with Gasteiger partial charge in [-0.05, 0) is 44.2 Å². The highest BCUT2D eigenvalue weighted by molar-refractivity contribution is 7.98. The average molecular weight is 288 g/mol. The Bertz CT molecular complexity index is 410. The first-order chi connectivity index (χ1) is 8.54. The summed E-state index contributed by atoms with van der Waals surface area (Å²) in [5.74, 6) is -0.165. The first-order valence-corrected chi connectivity index (χ1v) is 7.44. The summed E-state index contributed by atoms with van der Waals surface area (Å²) in [6, 6.07) is 5.41. The van der Waals surface area contributed by atoms with Gasteiger partial charge in [0.2, 0.25) is 0 Å². The molecule has 0 spiro atoms. The van der Waals surface area contributed by atoms with Crippen LogP contribution in [0.2, 0.25) is 5.02 Å². The Balaban J connectivity index is 2.55. The van der Waals surface area contributed by atoms with E-state index in [1.165, 1.54) is 0 Å². The fourth-order valence-electron chi connectivity index (χ4n) is 1.50. The zero-order valence-corrected chi connectivity index (χ0v) is 12.1. The van der Waals surface area contributed by atoms with Crippen molar-refractivity contribution in [2.75, 3.05) is 12.8 Å². The molecule has 2 N–H and O–H groups in total. The summed E-state index contributed by atoms with van der Waals surface area (Å²) in [4.78, 5) is 12.9. The van der Waals surface area contributed by atoms with E-state index in [-0.39, 0.29) is 12.0 Å². The first kappa shape index (κ1) is 15.3. The number of aliphatic hydroxyl groups excluding tert-OH is 1. The summed E-state index contributed by atoms with van der Waals surface area (Å²) in [5.41, 5.74) is 0.501. The molecular formula is C13H18ClNO2S. The number of benzene rings is 1. The molecule has 18 heavy (non-hydrogen) atoms. The maximum atomic E-state index is 11.9. The van der Waals surface area contributed by atoms with E-state index in [2.05, 4.69) is 5.32 Å². The van der Waals surface area contributed by atoms with E-state index in [1.54, 1.807) is 30.8 Å². The number of amides is 1. The Morgan fingerprint density at radius 3 is 2.89 bits per heavy atom. The summed E-state index contributed by atoms with van der Waals surface area (Å²) >= 11 is 7.57. The molecule has 3 nitrogen and oxygen atoms in total. The SMILES string of the molecule is CSc1ccc(Cl)c(C(=O)NCCCC(C)O)c1. The lowest BCUT2D eigenvalue weighted by Crippen LogP contribution is -2.25. The Morgan fingerprint density at radius 2 is 2.28 bits per heavy atom. The molecule has 1 aromatic rings.